The van der Waals surface area contributed by atoms with E-state index in [4.69, 9.17) is 9.47 Å². The highest BCUT2D eigenvalue weighted by atomic mass is 19.4. The van der Waals surface area contributed by atoms with Crippen LogP contribution in [0.15, 0.2) is 54.9 Å². The molecule has 0 atom stereocenters. The van der Waals surface area contributed by atoms with Crippen molar-refractivity contribution in [1.29, 1.82) is 0 Å². The Balaban J connectivity index is 1.35. The molecule has 1 amide bonds. The van der Waals surface area contributed by atoms with Crippen molar-refractivity contribution in [2.75, 3.05) is 45.2 Å². The Bertz CT molecular complexity index is 1560. The summed E-state index contributed by atoms with van der Waals surface area (Å²) >= 11 is 0. The number of anilines is 1. The molecule has 1 saturated heterocycles. The molecule has 2 N–H and O–H groups in total. The van der Waals surface area contributed by atoms with Gasteiger partial charge in [-0.05, 0) is 54.9 Å². The highest BCUT2D eigenvalue weighted by molar-refractivity contribution is 6.04. The first-order valence-electron chi connectivity index (χ1n) is 13.8. The Labute approximate surface area is 242 Å². The third-order valence-corrected chi connectivity index (χ3v) is 7.57. The molecule has 2 aromatic carbocycles. The van der Waals surface area contributed by atoms with Gasteiger partial charge in [-0.1, -0.05) is 19.1 Å². The second kappa shape index (κ2) is 12.5. The summed E-state index contributed by atoms with van der Waals surface area (Å²) in [5, 5.41) is 3.40. The molecule has 8 nitrogen and oxygen atoms in total. The summed E-state index contributed by atoms with van der Waals surface area (Å²) in [6.45, 7) is 8.51. The lowest BCUT2D eigenvalue weighted by Crippen LogP contribution is -2.45. The maximum absolute atomic E-state index is 14.1. The van der Waals surface area contributed by atoms with Crippen LogP contribution in [0.5, 0.6) is 11.5 Å². The molecule has 1 aliphatic heterocycles. The molecular formula is C31H34F3N5O3. The van der Waals surface area contributed by atoms with Gasteiger partial charge in [0.1, 0.15) is 17.1 Å². The van der Waals surface area contributed by atoms with Gasteiger partial charge in [0.2, 0.25) is 0 Å². The predicted octanol–water partition coefficient (Wildman–Crippen LogP) is 6.22. The third-order valence-electron chi connectivity index (χ3n) is 7.57. The number of rotatable bonds is 9. The number of hydrogen-bond acceptors (Lipinski definition) is 6. The van der Waals surface area contributed by atoms with E-state index < -0.39 is 17.6 Å². The predicted molar refractivity (Wildman–Crippen MR) is 155 cm³/mol. The molecule has 222 valence electrons. The highest BCUT2D eigenvalue weighted by Gasteiger charge is 2.34. The molecule has 0 unspecified atom stereocenters. The van der Waals surface area contributed by atoms with Gasteiger partial charge < -0.3 is 24.7 Å². The number of ether oxygens (including phenoxy) is 2. The number of aromatic nitrogens is 2. The Morgan fingerprint density at radius 2 is 1.79 bits per heavy atom. The van der Waals surface area contributed by atoms with Crippen LogP contribution in [0, 0.1) is 6.92 Å². The Hall–Kier alpha value is -3.93. The number of methoxy groups -OCH3 is 1. The zero-order chi connectivity index (χ0) is 29.9. The summed E-state index contributed by atoms with van der Waals surface area (Å²) in [7, 11) is 1.60. The number of aryl methyl sites for hydroxylation is 1. The number of fused-ring (bicyclic) bond motifs is 1. The number of halogens is 3. The number of carbonyl (C=O) groups is 1. The molecule has 5 rings (SSSR count). The van der Waals surface area contributed by atoms with Gasteiger partial charge in [0.05, 0.1) is 17.6 Å². The van der Waals surface area contributed by atoms with Crippen LogP contribution in [0.3, 0.4) is 0 Å². The van der Waals surface area contributed by atoms with Crippen LogP contribution < -0.4 is 10.1 Å². The molecule has 0 spiro atoms. The van der Waals surface area contributed by atoms with E-state index in [2.05, 4.69) is 27.1 Å². The van der Waals surface area contributed by atoms with Gasteiger partial charge in [0, 0.05) is 69.0 Å². The van der Waals surface area contributed by atoms with E-state index >= 15 is 0 Å². The second-order valence-corrected chi connectivity index (χ2v) is 10.4. The molecule has 42 heavy (non-hydrogen) atoms. The van der Waals surface area contributed by atoms with Gasteiger partial charge in [-0.25, -0.2) is 4.98 Å². The first-order chi connectivity index (χ1) is 20.2. The Morgan fingerprint density at radius 3 is 2.50 bits per heavy atom. The van der Waals surface area contributed by atoms with E-state index in [9.17, 15) is 18.0 Å². The molecule has 1 fully saturated rings. The van der Waals surface area contributed by atoms with Gasteiger partial charge in [0.15, 0.2) is 0 Å². The quantitative estimate of drug-likeness (QED) is 0.244. The van der Waals surface area contributed by atoms with Crippen molar-refractivity contribution in [3.05, 3.63) is 82.7 Å². The number of nitrogens with zero attached hydrogens (tertiary/aromatic N) is 3. The van der Waals surface area contributed by atoms with Crippen LogP contribution in [-0.2, 0) is 24.1 Å². The second-order valence-electron chi connectivity index (χ2n) is 10.4. The molecule has 2 aromatic heterocycles. The van der Waals surface area contributed by atoms with E-state index in [1.54, 1.807) is 43.8 Å². The largest absolute Gasteiger partial charge is 0.456 e. The zero-order valence-corrected chi connectivity index (χ0v) is 23.8. The van der Waals surface area contributed by atoms with E-state index in [1.807, 2.05) is 11.8 Å². The molecular weight excluding hydrogens is 547 g/mol. The van der Waals surface area contributed by atoms with Crippen LogP contribution in [0.25, 0.3) is 11.0 Å². The van der Waals surface area contributed by atoms with Crippen molar-refractivity contribution in [2.45, 2.75) is 33.2 Å². The van der Waals surface area contributed by atoms with E-state index in [0.717, 1.165) is 42.2 Å². The number of piperazine rings is 1. The molecule has 0 radical (unpaired) electrons. The van der Waals surface area contributed by atoms with Gasteiger partial charge in [-0.3, -0.25) is 9.69 Å². The number of carbonyl (C=O) groups excluding carboxylic acids is 1. The lowest BCUT2D eigenvalue weighted by atomic mass is 10.0. The highest BCUT2D eigenvalue weighted by Crippen LogP contribution is 2.36. The monoisotopic (exact) mass is 581 g/mol. The summed E-state index contributed by atoms with van der Waals surface area (Å²) < 4.78 is 53.7. The topological polar surface area (TPSA) is 82.7 Å². The number of pyridine rings is 1. The summed E-state index contributed by atoms with van der Waals surface area (Å²) in [4.78, 5) is 24.9. The van der Waals surface area contributed by atoms with Crippen molar-refractivity contribution in [1.82, 2.24) is 19.8 Å². The summed E-state index contributed by atoms with van der Waals surface area (Å²) in [6, 6.07) is 10.6. The number of nitrogens with one attached hydrogen (secondary N) is 2. The van der Waals surface area contributed by atoms with Crippen molar-refractivity contribution < 1.29 is 27.4 Å². The minimum Gasteiger partial charge on any atom is -0.456 e. The number of aromatic amines is 1. The molecule has 0 aliphatic carbocycles. The lowest BCUT2D eigenvalue weighted by molar-refractivity contribution is -0.138. The molecule has 11 heteroatoms. The maximum atomic E-state index is 14.1. The Kier molecular flexibility index (Phi) is 8.81. The van der Waals surface area contributed by atoms with Gasteiger partial charge in [0.25, 0.3) is 5.91 Å². The number of benzene rings is 2. The van der Waals surface area contributed by atoms with Crippen molar-refractivity contribution in [3.63, 3.8) is 0 Å². The smallest absolute Gasteiger partial charge is 0.416 e. The fourth-order valence-electron chi connectivity index (χ4n) is 5.18. The van der Waals surface area contributed by atoms with Crippen molar-refractivity contribution in [2.24, 2.45) is 0 Å². The van der Waals surface area contributed by atoms with Gasteiger partial charge in [-0.15, -0.1) is 0 Å². The molecule has 3 heterocycles. The summed E-state index contributed by atoms with van der Waals surface area (Å²) in [5.74, 6) is 0.433. The SMILES string of the molecule is CCN1CCN(Cc2ccc(NC(=O)c3ccc(C)c(Oc4ccnc5[nH]cc(COC)c45)c3)cc2C(F)(F)F)CC1. The van der Waals surface area contributed by atoms with Crippen LogP contribution in [-0.4, -0.2) is 65.5 Å². The number of H-pyrrole nitrogens is 1. The normalized spacial score (nSPS) is 14.8. The third kappa shape index (κ3) is 6.59. The van der Waals surface area contributed by atoms with E-state index in [-0.39, 0.29) is 23.4 Å². The van der Waals surface area contributed by atoms with Crippen LogP contribution in [0.1, 0.15) is 39.5 Å². The lowest BCUT2D eigenvalue weighted by Gasteiger charge is -2.34. The first kappa shape index (κ1) is 29.6. The number of amides is 1. The van der Waals surface area contributed by atoms with Crippen LogP contribution >= 0.6 is 0 Å². The van der Waals surface area contributed by atoms with Crippen molar-refractivity contribution >= 4 is 22.6 Å². The van der Waals surface area contributed by atoms with Gasteiger partial charge >= 0.3 is 6.18 Å². The molecule has 1 aliphatic rings. The molecule has 0 bridgehead atoms. The summed E-state index contributed by atoms with van der Waals surface area (Å²) in [6.07, 6.45) is -1.14. The molecule has 0 saturated carbocycles. The minimum absolute atomic E-state index is 0.0716. The number of alkyl halides is 3. The van der Waals surface area contributed by atoms with E-state index in [0.29, 0.717) is 36.8 Å². The fourth-order valence-corrected chi connectivity index (χ4v) is 5.18. The average Bonchev–Trinajstić information content (AvgIpc) is 3.39. The first-order valence-corrected chi connectivity index (χ1v) is 13.8. The number of hydrogen-bond donors (Lipinski definition) is 2. The molecule has 4 aromatic rings. The van der Waals surface area contributed by atoms with Gasteiger partial charge in [-0.2, -0.15) is 13.2 Å². The zero-order valence-electron chi connectivity index (χ0n) is 23.8. The summed E-state index contributed by atoms with van der Waals surface area (Å²) in [5.41, 5.74) is 2.06. The van der Waals surface area contributed by atoms with Crippen molar-refractivity contribution in [3.8, 4) is 11.5 Å². The maximum Gasteiger partial charge on any atom is 0.416 e. The van der Waals surface area contributed by atoms with E-state index in [1.165, 1.54) is 12.1 Å². The Morgan fingerprint density at radius 1 is 1.02 bits per heavy atom. The van der Waals surface area contributed by atoms with Crippen LogP contribution in [0.2, 0.25) is 0 Å². The minimum atomic E-state index is -4.55. The number of likely N-dealkylation sites (N-methyl/N-ethyl adjacent to an activating group) is 1. The standard InChI is InChI=1S/C31H34F3N5O3/c1-4-38-11-13-39(14-12-38)18-22-7-8-24(16-25(22)31(32,33)34)37-30(40)21-6-5-20(2)27(15-21)42-26-9-10-35-29-28(26)23(17-36-29)19-41-3/h5-10,15-17H,4,11-14,18-19H2,1-3H3,(H,35,36)(H,37,40). The average molecular weight is 582 g/mol. The fraction of sp³-hybridized carbons (Fsp3) is 0.355. The van der Waals surface area contributed by atoms with Crippen LogP contribution in [0.4, 0.5) is 18.9 Å².